The Morgan fingerprint density at radius 2 is 1.84 bits per heavy atom. The van der Waals surface area contributed by atoms with Crippen LogP contribution in [0.1, 0.15) is 66.2 Å². The normalized spacial score (nSPS) is 54.9. The maximum Gasteiger partial charge on any atom is 0.333 e. The quantitative estimate of drug-likeness (QED) is 0.411. The number of allylic oxidation sites excluding steroid dienone is 1. The Morgan fingerprint density at radius 3 is 2.51 bits per heavy atom. The second kappa shape index (κ2) is 7.91. The van der Waals surface area contributed by atoms with Gasteiger partial charge in [0.15, 0.2) is 11.6 Å². The van der Waals surface area contributed by atoms with Crippen molar-refractivity contribution in [2.24, 2.45) is 34.5 Å². The number of alkyl halides is 1. The van der Waals surface area contributed by atoms with E-state index in [0.717, 1.165) is 12.0 Å². The fraction of sp³-hybridized carbons (Fsp3) is 0.793. The smallest absolute Gasteiger partial charge is 0.333 e. The Balaban J connectivity index is 1.45. The highest BCUT2D eigenvalue weighted by molar-refractivity contribution is 6.22. The number of hydrogen-bond acceptors (Lipinski definition) is 7. The molecule has 204 valence electrons. The number of methoxy groups -OCH3 is 1. The van der Waals surface area contributed by atoms with Crippen LogP contribution in [0.4, 0.5) is 0 Å². The average molecular weight is 535 g/mol. The first-order chi connectivity index (χ1) is 17.3. The number of carbonyl (C=O) groups is 2. The molecule has 4 fully saturated rings. The van der Waals surface area contributed by atoms with Crippen molar-refractivity contribution in [3.8, 4) is 0 Å². The van der Waals surface area contributed by atoms with Gasteiger partial charge in [0.2, 0.25) is 0 Å². The number of aliphatic hydroxyl groups is 2. The lowest BCUT2D eigenvalue weighted by Crippen LogP contribution is -2.77. The van der Waals surface area contributed by atoms with Crippen molar-refractivity contribution in [1.29, 1.82) is 0 Å². The molecule has 2 N–H and O–H groups in total. The summed E-state index contributed by atoms with van der Waals surface area (Å²) in [6, 6.07) is 0. The van der Waals surface area contributed by atoms with Gasteiger partial charge in [-0.2, -0.15) is 0 Å². The van der Waals surface area contributed by atoms with Gasteiger partial charge >= 0.3 is 5.97 Å². The van der Waals surface area contributed by atoms with Crippen molar-refractivity contribution >= 4 is 23.4 Å². The molecule has 11 atom stereocenters. The van der Waals surface area contributed by atoms with E-state index < -0.39 is 45.2 Å². The number of halogens is 1. The predicted octanol–water partition coefficient (Wildman–Crippen LogP) is 3.69. The van der Waals surface area contributed by atoms with Gasteiger partial charge in [-0.25, -0.2) is 4.79 Å². The number of fused-ring (bicyclic) bond motifs is 4. The monoisotopic (exact) mass is 534 g/mol. The van der Waals surface area contributed by atoms with E-state index in [0.29, 0.717) is 37.7 Å². The second-order valence-corrected chi connectivity index (χ2v) is 13.5. The van der Waals surface area contributed by atoms with Gasteiger partial charge in [0.1, 0.15) is 6.10 Å². The van der Waals surface area contributed by atoms with Crippen molar-refractivity contribution in [3.63, 3.8) is 0 Å². The summed E-state index contributed by atoms with van der Waals surface area (Å²) < 4.78 is 18.8. The van der Waals surface area contributed by atoms with Crippen molar-refractivity contribution in [1.82, 2.24) is 0 Å². The molecule has 8 heteroatoms. The molecule has 0 aromatic rings. The van der Waals surface area contributed by atoms with E-state index in [4.69, 9.17) is 25.8 Å². The molecule has 7 nitrogen and oxygen atoms in total. The van der Waals surface area contributed by atoms with Crippen LogP contribution in [0.2, 0.25) is 0 Å². The molecule has 0 unspecified atom stereocenters. The van der Waals surface area contributed by atoms with E-state index in [9.17, 15) is 19.8 Å². The van der Waals surface area contributed by atoms with Crippen molar-refractivity contribution in [2.45, 2.75) is 94.7 Å². The number of esters is 1. The highest BCUT2D eigenvalue weighted by atomic mass is 35.5. The van der Waals surface area contributed by atoms with Crippen LogP contribution in [0.3, 0.4) is 0 Å². The minimum absolute atomic E-state index is 0.00524. The summed E-state index contributed by atoms with van der Waals surface area (Å²) >= 11 is 6.94. The summed E-state index contributed by atoms with van der Waals surface area (Å²) in [5.74, 6) is -2.25. The first-order valence-corrected chi connectivity index (χ1v) is 14.1. The Bertz CT molecular complexity index is 1120. The van der Waals surface area contributed by atoms with E-state index in [2.05, 4.69) is 6.92 Å². The molecule has 37 heavy (non-hydrogen) atoms. The van der Waals surface area contributed by atoms with Gasteiger partial charge in [0.25, 0.3) is 0 Å². The minimum Gasteiger partial charge on any atom is -0.458 e. The molecule has 0 aromatic carbocycles. The maximum atomic E-state index is 13.5. The average Bonchev–Trinajstić information content (AvgIpc) is 3.13. The Hall–Kier alpha value is -1.25. The van der Waals surface area contributed by atoms with Crippen LogP contribution in [-0.2, 0) is 23.8 Å². The van der Waals surface area contributed by atoms with Crippen LogP contribution in [0, 0.1) is 34.5 Å². The molecule has 2 aliphatic heterocycles. The lowest BCUT2D eigenvalue weighted by atomic mass is 9.41. The van der Waals surface area contributed by atoms with Crippen LogP contribution in [0.15, 0.2) is 23.3 Å². The second-order valence-electron chi connectivity index (χ2n) is 13.0. The van der Waals surface area contributed by atoms with Crippen LogP contribution in [-0.4, -0.2) is 64.2 Å². The number of rotatable bonds is 2. The van der Waals surface area contributed by atoms with Gasteiger partial charge in [-0.3, -0.25) is 4.79 Å². The molecule has 4 aliphatic carbocycles. The molecule has 0 amide bonds. The summed E-state index contributed by atoms with van der Waals surface area (Å²) in [4.78, 5) is 26.1. The van der Waals surface area contributed by atoms with E-state index in [1.54, 1.807) is 26.2 Å². The first-order valence-electron chi connectivity index (χ1n) is 13.7. The first kappa shape index (κ1) is 26.0. The van der Waals surface area contributed by atoms with Crippen molar-refractivity contribution < 1.29 is 34.0 Å². The molecule has 1 saturated heterocycles. The lowest BCUT2D eigenvalue weighted by molar-refractivity contribution is -0.407. The Kier molecular flexibility index (Phi) is 5.56. The van der Waals surface area contributed by atoms with Crippen LogP contribution in [0.5, 0.6) is 0 Å². The number of carbonyl (C=O) groups excluding carboxylic acids is 2. The summed E-state index contributed by atoms with van der Waals surface area (Å²) in [6.45, 7) is 7.83. The van der Waals surface area contributed by atoms with Crippen molar-refractivity contribution in [3.05, 3.63) is 23.3 Å². The van der Waals surface area contributed by atoms with Gasteiger partial charge in [0, 0.05) is 31.4 Å². The molecule has 0 radical (unpaired) electrons. The molecule has 6 aliphatic rings. The highest BCUT2D eigenvalue weighted by Crippen LogP contribution is 2.74. The summed E-state index contributed by atoms with van der Waals surface area (Å²) in [7, 11) is 1.61. The molecule has 0 bridgehead atoms. The number of cyclic esters (lactones) is 1. The molecular weight excluding hydrogens is 496 g/mol. The molecular formula is C29H39ClO7. The van der Waals surface area contributed by atoms with E-state index in [1.807, 2.05) is 13.8 Å². The molecule has 3 saturated carbocycles. The lowest BCUT2D eigenvalue weighted by Gasteiger charge is -2.70. The Labute approximate surface area is 223 Å². The van der Waals surface area contributed by atoms with Gasteiger partial charge < -0.3 is 24.4 Å². The Morgan fingerprint density at radius 1 is 1.11 bits per heavy atom. The molecule has 2 heterocycles. The maximum absolute atomic E-state index is 13.5. The number of ether oxygens (including phenoxy) is 3. The minimum atomic E-state index is -1.35. The third-order valence-electron chi connectivity index (χ3n) is 12.2. The summed E-state index contributed by atoms with van der Waals surface area (Å²) in [5.41, 5.74) is -2.84. The van der Waals surface area contributed by atoms with Gasteiger partial charge in [-0.05, 0) is 70.3 Å². The van der Waals surface area contributed by atoms with Gasteiger partial charge in [0.05, 0.1) is 34.0 Å². The topological polar surface area (TPSA) is 102 Å². The zero-order valence-electron chi connectivity index (χ0n) is 22.4. The third kappa shape index (κ3) is 2.83. The molecule has 0 spiro atoms. The molecule has 0 aromatic heterocycles. The number of ketones is 1. The van der Waals surface area contributed by atoms with Crippen LogP contribution in [0.25, 0.3) is 0 Å². The van der Waals surface area contributed by atoms with Crippen LogP contribution < -0.4 is 0 Å². The predicted molar refractivity (Wildman–Crippen MR) is 136 cm³/mol. The SMILES string of the molecule is CO[C@@]12C[C@H]3[C@@H](C[C@H](Cl)[C@@]4(O)CC=CC(=O)[C@]34C)[C@@H]3CC[C@@](O)([C@@H]([C@H]4CC(C)=C(C)C(=O)O4)CO1)[C@]32C. The fourth-order valence-electron chi connectivity index (χ4n) is 9.76. The fourth-order valence-corrected chi connectivity index (χ4v) is 10.3. The molecule has 6 rings (SSSR count). The largest absolute Gasteiger partial charge is 0.458 e. The van der Waals surface area contributed by atoms with Crippen LogP contribution >= 0.6 is 11.6 Å². The van der Waals surface area contributed by atoms with Gasteiger partial charge in [-0.15, -0.1) is 11.6 Å². The third-order valence-corrected chi connectivity index (χ3v) is 12.8. The highest BCUT2D eigenvalue weighted by Gasteiger charge is 2.80. The summed E-state index contributed by atoms with van der Waals surface area (Å²) in [5, 5.41) is 23.9. The zero-order valence-corrected chi connectivity index (χ0v) is 23.1. The zero-order chi connectivity index (χ0) is 26.8. The van der Waals surface area contributed by atoms with Crippen molar-refractivity contribution in [2.75, 3.05) is 13.7 Å². The number of hydrogen-bond donors (Lipinski definition) is 2. The van der Waals surface area contributed by atoms with E-state index in [1.165, 1.54) is 0 Å². The van der Waals surface area contributed by atoms with Gasteiger partial charge in [-0.1, -0.05) is 18.6 Å². The van der Waals surface area contributed by atoms with E-state index >= 15 is 0 Å². The summed E-state index contributed by atoms with van der Waals surface area (Å²) in [6.07, 6.45) is 5.91. The standard InChI is InChI=1S/C29H39ClO7/c1-15-11-21(37-24(32)16(15)2)20-14-36-29(35-5)13-19-17(18-8-10-27(20,33)26(18,29)4)12-22(30)28(34)9-6-7-23(31)25(19,28)3/h6-7,17-22,33-34H,8-14H2,1-5H3/t17-,18-,19-,20+,21+,22-,25-,26-,27+,28-,29-/m0/s1. The van der Waals surface area contributed by atoms with E-state index in [-0.39, 0.29) is 36.1 Å².